The van der Waals surface area contributed by atoms with E-state index in [4.69, 9.17) is 0 Å². The molecule has 0 radical (unpaired) electrons. The summed E-state index contributed by atoms with van der Waals surface area (Å²) >= 11 is 0. The van der Waals surface area contributed by atoms with E-state index >= 15 is 0 Å². The second kappa shape index (κ2) is 9.17. The summed E-state index contributed by atoms with van der Waals surface area (Å²) in [6.07, 6.45) is 5.86. The highest BCUT2D eigenvalue weighted by Gasteiger charge is 2.25. The van der Waals surface area contributed by atoms with Crippen LogP contribution in [0.25, 0.3) is 0 Å². The van der Waals surface area contributed by atoms with Crippen LogP contribution >= 0.6 is 12.4 Å². The van der Waals surface area contributed by atoms with Crippen molar-refractivity contribution in [2.45, 2.75) is 62.4 Å². The molecule has 1 saturated heterocycles. The van der Waals surface area contributed by atoms with Gasteiger partial charge in [0.1, 0.15) is 0 Å². The minimum Gasteiger partial charge on any atom is -0.348 e. The molecule has 146 valence electrons. The number of carbonyl (C=O) groups is 1. The number of nitrogens with one attached hydrogen (secondary N) is 3. The first-order valence-corrected chi connectivity index (χ1v) is 10.6. The third-order valence-corrected chi connectivity index (χ3v) is 6.71. The molecule has 2 aliphatic rings. The van der Waals surface area contributed by atoms with Gasteiger partial charge in [-0.05, 0) is 56.8 Å². The van der Waals surface area contributed by atoms with Crippen LogP contribution in [0.3, 0.4) is 0 Å². The Balaban J connectivity index is 0.00000243. The fourth-order valence-corrected chi connectivity index (χ4v) is 5.18. The van der Waals surface area contributed by atoms with Crippen molar-refractivity contribution in [2.24, 2.45) is 0 Å². The summed E-state index contributed by atoms with van der Waals surface area (Å²) in [5.74, 6) is -0.217. The van der Waals surface area contributed by atoms with Gasteiger partial charge in [-0.3, -0.25) is 4.79 Å². The van der Waals surface area contributed by atoms with Gasteiger partial charge in [0, 0.05) is 24.2 Å². The maximum absolute atomic E-state index is 12.7. The first kappa shape index (κ1) is 21.2. The zero-order valence-corrected chi connectivity index (χ0v) is 16.7. The molecular weight excluding hydrogens is 374 g/mol. The average molecular weight is 402 g/mol. The molecule has 3 rings (SSSR count). The van der Waals surface area contributed by atoms with Crippen molar-refractivity contribution in [2.75, 3.05) is 13.1 Å². The molecule has 3 N–H and O–H groups in total. The standard InChI is InChI=1S/C18H27N3O3S.ClH/c1-13-8-9-14(18(22)20-16-7-4-10-19-12-16)11-17(13)25(23,24)21-15-5-2-3-6-15;/h8-9,11,15-16,19,21H,2-7,10,12H2,1H3,(H,20,22);1H/t16-;/m0./s1. The molecule has 0 spiro atoms. The highest BCUT2D eigenvalue weighted by atomic mass is 35.5. The van der Waals surface area contributed by atoms with Crippen molar-refractivity contribution < 1.29 is 13.2 Å². The van der Waals surface area contributed by atoms with E-state index in [9.17, 15) is 13.2 Å². The highest BCUT2D eigenvalue weighted by Crippen LogP contribution is 2.22. The van der Waals surface area contributed by atoms with Gasteiger partial charge >= 0.3 is 0 Å². The van der Waals surface area contributed by atoms with Crippen LogP contribution in [0.4, 0.5) is 0 Å². The van der Waals surface area contributed by atoms with Crippen molar-refractivity contribution in [3.8, 4) is 0 Å². The number of hydrogen-bond acceptors (Lipinski definition) is 4. The fourth-order valence-electron chi connectivity index (χ4n) is 3.60. The highest BCUT2D eigenvalue weighted by molar-refractivity contribution is 7.89. The molecule has 0 aromatic heterocycles. The van der Waals surface area contributed by atoms with Crippen molar-refractivity contribution in [1.82, 2.24) is 15.4 Å². The molecular formula is C18H28ClN3O3S. The smallest absolute Gasteiger partial charge is 0.251 e. The molecule has 8 heteroatoms. The van der Waals surface area contributed by atoms with Crippen LogP contribution in [0.15, 0.2) is 23.1 Å². The zero-order chi connectivity index (χ0) is 17.9. The van der Waals surface area contributed by atoms with E-state index in [2.05, 4.69) is 15.4 Å². The van der Waals surface area contributed by atoms with Crippen molar-refractivity contribution in [3.05, 3.63) is 29.3 Å². The lowest BCUT2D eigenvalue weighted by atomic mass is 10.1. The van der Waals surface area contributed by atoms with E-state index in [0.717, 1.165) is 51.6 Å². The molecule has 0 unspecified atom stereocenters. The largest absolute Gasteiger partial charge is 0.348 e. The molecule has 1 atom stereocenters. The number of aryl methyl sites for hydroxylation is 1. The van der Waals surface area contributed by atoms with Gasteiger partial charge in [0.25, 0.3) is 5.91 Å². The number of benzene rings is 1. The predicted molar refractivity (Wildman–Crippen MR) is 104 cm³/mol. The third-order valence-electron chi connectivity index (χ3n) is 5.05. The summed E-state index contributed by atoms with van der Waals surface area (Å²) in [4.78, 5) is 12.7. The van der Waals surface area contributed by atoms with Gasteiger partial charge in [0.2, 0.25) is 10.0 Å². The number of carbonyl (C=O) groups excluding carboxylic acids is 1. The van der Waals surface area contributed by atoms with Gasteiger partial charge in [0.15, 0.2) is 0 Å². The van der Waals surface area contributed by atoms with Crippen LogP contribution < -0.4 is 15.4 Å². The van der Waals surface area contributed by atoms with Crippen LogP contribution in [0, 0.1) is 6.92 Å². The quantitative estimate of drug-likeness (QED) is 0.705. The zero-order valence-electron chi connectivity index (χ0n) is 15.1. The summed E-state index contributed by atoms with van der Waals surface area (Å²) in [5.41, 5.74) is 1.05. The minimum absolute atomic E-state index is 0. The number of rotatable bonds is 5. The van der Waals surface area contributed by atoms with E-state index in [0.29, 0.717) is 11.1 Å². The molecule has 1 heterocycles. The van der Waals surface area contributed by atoms with Gasteiger partial charge in [-0.25, -0.2) is 13.1 Å². The minimum atomic E-state index is -3.61. The lowest BCUT2D eigenvalue weighted by molar-refractivity contribution is 0.0930. The Hall–Kier alpha value is -1.15. The van der Waals surface area contributed by atoms with Crippen molar-refractivity contribution in [3.63, 3.8) is 0 Å². The van der Waals surface area contributed by atoms with Crippen LogP contribution in [-0.2, 0) is 10.0 Å². The number of hydrogen-bond donors (Lipinski definition) is 3. The Morgan fingerprint density at radius 1 is 1.12 bits per heavy atom. The van der Waals surface area contributed by atoms with Crippen LogP contribution in [0.5, 0.6) is 0 Å². The normalized spacial score (nSPS) is 21.2. The maximum Gasteiger partial charge on any atom is 0.251 e. The summed E-state index contributed by atoms with van der Waals surface area (Å²) in [6.45, 7) is 3.49. The van der Waals surface area contributed by atoms with E-state index in [1.165, 1.54) is 6.07 Å². The van der Waals surface area contributed by atoms with E-state index < -0.39 is 10.0 Å². The van der Waals surface area contributed by atoms with E-state index in [1.54, 1.807) is 19.1 Å². The van der Waals surface area contributed by atoms with Gasteiger partial charge in [-0.2, -0.15) is 0 Å². The Morgan fingerprint density at radius 3 is 2.46 bits per heavy atom. The number of amides is 1. The number of sulfonamides is 1. The lowest BCUT2D eigenvalue weighted by Gasteiger charge is -2.24. The molecule has 2 fully saturated rings. The Labute approximate surface area is 162 Å². The Kier molecular flexibility index (Phi) is 7.46. The second-order valence-corrected chi connectivity index (χ2v) is 8.78. The summed E-state index contributed by atoms with van der Waals surface area (Å²) in [6, 6.07) is 5.00. The molecule has 0 bridgehead atoms. The van der Waals surface area contributed by atoms with Crippen molar-refractivity contribution >= 4 is 28.3 Å². The summed E-state index contributed by atoms with van der Waals surface area (Å²) in [5, 5.41) is 6.25. The molecule has 1 aromatic carbocycles. The van der Waals surface area contributed by atoms with Crippen LogP contribution in [0.1, 0.15) is 54.4 Å². The number of piperidine rings is 1. The summed E-state index contributed by atoms with van der Waals surface area (Å²) < 4.78 is 28.2. The van der Waals surface area contributed by atoms with Gasteiger partial charge in [0.05, 0.1) is 4.90 Å². The SMILES string of the molecule is Cc1ccc(C(=O)N[C@H]2CCCNC2)cc1S(=O)(=O)NC1CCCC1.Cl. The first-order chi connectivity index (χ1) is 12.0. The fraction of sp³-hybridized carbons (Fsp3) is 0.611. The Bertz CT molecular complexity index is 727. The second-order valence-electron chi connectivity index (χ2n) is 7.10. The molecule has 6 nitrogen and oxygen atoms in total. The van der Waals surface area contributed by atoms with Crippen molar-refractivity contribution in [1.29, 1.82) is 0 Å². The van der Waals surface area contributed by atoms with E-state index in [1.807, 2.05) is 0 Å². The van der Waals surface area contributed by atoms with Crippen LogP contribution in [0.2, 0.25) is 0 Å². The lowest BCUT2D eigenvalue weighted by Crippen LogP contribution is -2.45. The van der Waals surface area contributed by atoms with E-state index in [-0.39, 0.29) is 35.3 Å². The van der Waals surface area contributed by atoms with Gasteiger partial charge < -0.3 is 10.6 Å². The average Bonchev–Trinajstić information content (AvgIpc) is 3.08. The number of halogens is 1. The topological polar surface area (TPSA) is 87.3 Å². The molecule has 1 aliphatic heterocycles. The van der Waals surface area contributed by atoms with Gasteiger partial charge in [-0.15, -0.1) is 12.4 Å². The molecule has 1 saturated carbocycles. The Morgan fingerprint density at radius 2 is 1.81 bits per heavy atom. The third kappa shape index (κ3) is 5.19. The monoisotopic (exact) mass is 401 g/mol. The molecule has 1 aliphatic carbocycles. The maximum atomic E-state index is 12.7. The first-order valence-electron chi connectivity index (χ1n) is 9.10. The van der Waals surface area contributed by atoms with Crippen LogP contribution in [-0.4, -0.2) is 39.5 Å². The molecule has 1 aromatic rings. The molecule has 1 amide bonds. The summed E-state index contributed by atoms with van der Waals surface area (Å²) in [7, 11) is -3.61. The molecule has 26 heavy (non-hydrogen) atoms. The van der Waals surface area contributed by atoms with Gasteiger partial charge in [-0.1, -0.05) is 18.9 Å². The predicted octanol–water partition coefficient (Wildman–Crippen LogP) is 2.12.